The van der Waals surface area contributed by atoms with E-state index < -0.39 is 16.6 Å². The summed E-state index contributed by atoms with van der Waals surface area (Å²) in [6.07, 6.45) is 1.63. The summed E-state index contributed by atoms with van der Waals surface area (Å²) in [5, 5.41) is 10.7. The minimum absolute atomic E-state index is 0.229. The summed E-state index contributed by atoms with van der Waals surface area (Å²) in [4.78, 5) is 26.1. The van der Waals surface area contributed by atoms with E-state index in [1.807, 2.05) is 14.1 Å². The van der Waals surface area contributed by atoms with Gasteiger partial charge >= 0.3 is 0 Å². The second-order valence-corrected chi connectivity index (χ2v) is 5.41. The van der Waals surface area contributed by atoms with Crippen LogP contribution in [0.15, 0.2) is 18.2 Å². The number of amides is 1. The Morgan fingerprint density at radius 3 is 2.52 bits per heavy atom. The number of nitro benzene ring substituents is 1. The number of likely N-dealkylation sites (tertiary alicyclic amines) is 1. The lowest BCUT2D eigenvalue weighted by Gasteiger charge is -2.35. The number of hydrogen-bond donors (Lipinski definition) is 0. The van der Waals surface area contributed by atoms with E-state index in [2.05, 4.69) is 4.90 Å². The Labute approximate surface area is 122 Å². The average molecular weight is 295 g/mol. The molecule has 7 heteroatoms. The van der Waals surface area contributed by atoms with Gasteiger partial charge in [0.15, 0.2) is 0 Å². The summed E-state index contributed by atoms with van der Waals surface area (Å²) in [7, 11) is 3.98. The van der Waals surface area contributed by atoms with Crippen LogP contribution in [0.4, 0.5) is 10.1 Å². The first-order valence-electron chi connectivity index (χ1n) is 6.80. The number of carbonyl (C=O) groups excluding carboxylic acids is 1. The second-order valence-electron chi connectivity index (χ2n) is 5.41. The summed E-state index contributed by atoms with van der Waals surface area (Å²) in [5.41, 5.74) is -0.504. The maximum Gasteiger partial charge on any atom is 0.270 e. The molecular weight excluding hydrogens is 277 g/mol. The predicted octanol–water partition coefficient (Wildman–Crippen LogP) is 1.90. The topological polar surface area (TPSA) is 66.7 Å². The summed E-state index contributed by atoms with van der Waals surface area (Å²) >= 11 is 0. The molecule has 2 rings (SSSR count). The fraction of sp³-hybridized carbons (Fsp3) is 0.500. The van der Waals surface area contributed by atoms with E-state index in [1.54, 1.807) is 4.90 Å². The standard InChI is InChI=1S/C14H18FN3O3/c1-16(2)10-5-7-17(8-6-10)14(19)12-9-11(18(20)21)3-4-13(12)15/h3-4,9-10H,5-8H2,1-2H3. The molecular formula is C14H18FN3O3. The van der Waals surface area contributed by atoms with Gasteiger partial charge < -0.3 is 9.80 Å². The Kier molecular flexibility index (Phi) is 4.52. The van der Waals surface area contributed by atoms with Crippen molar-refractivity contribution in [3.8, 4) is 0 Å². The van der Waals surface area contributed by atoms with Gasteiger partial charge in [-0.05, 0) is 33.0 Å². The molecule has 1 saturated heterocycles. The molecule has 0 bridgehead atoms. The van der Waals surface area contributed by atoms with E-state index in [4.69, 9.17) is 0 Å². The number of benzene rings is 1. The van der Waals surface area contributed by atoms with Crippen LogP contribution in [0, 0.1) is 15.9 Å². The fourth-order valence-corrected chi connectivity index (χ4v) is 2.55. The Morgan fingerprint density at radius 2 is 2.00 bits per heavy atom. The molecule has 1 aliphatic rings. The molecule has 0 aliphatic carbocycles. The first-order valence-corrected chi connectivity index (χ1v) is 6.80. The summed E-state index contributed by atoms with van der Waals surface area (Å²) in [6.45, 7) is 1.06. The normalized spacial score (nSPS) is 16.3. The molecule has 1 fully saturated rings. The third kappa shape index (κ3) is 3.36. The number of halogens is 1. The first-order chi connectivity index (χ1) is 9.90. The zero-order valence-corrected chi connectivity index (χ0v) is 12.1. The Bertz CT molecular complexity index is 554. The molecule has 0 saturated carbocycles. The van der Waals surface area contributed by atoms with Crippen molar-refractivity contribution in [2.24, 2.45) is 0 Å². The molecule has 6 nitrogen and oxygen atoms in total. The Morgan fingerprint density at radius 1 is 1.38 bits per heavy atom. The van der Waals surface area contributed by atoms with Gasteiger partial charge in [-0.25, -0.2) is 4.39 Å². The largest absolute Gasteiger partial charge is 0.338 e. The quantitative estimate of drug-likeness (QED) is 0.631. The van der Waals surface area contributed by atoms with E-state index in [9.17, 15) is 19.3 Å². The van der Waals surface area contributed by atoms with E-state index in [0.29, 0.717) is 19.1 Å². The van der Waals surface area contributed by atoms with Crippen molar-refractivity contribution in [2.75, 3.05) is 27.2 Å². The van der Waals surface area contributed by atoms with Gasteiger partial charge in [0.2, 0.25) is 0 Å². The lowest BCUT2D eigenvalue weighted by atomic mass is 10.0. The molecule has 1 aromatic rings. The van der Waals surface area contributed by atoms with Crippen molar-refractivity contribution in [3.05, 3.63) is 39.7 Å². The third-order valence-corrected chi connectivity index (χ3v) is 3.87. The minimum atomic E-state index is -0.722. The van der Waals surface area contributed by atoms with Crippen LogP contribution < -0.4 is 0 Å². The van der Waals surface area contributed by atoms with Crippen molar-refractivity contribution in [1.82, 2.24) is 9.80 Å². The summed E-state index contributed by atoms with van der Waals surface area (Å²) in [6, 6.07) is 3.45. The van der Waals surface area contributed by atoms with Crippen LogP contribution in [0.5, 0.6) is 0 Å². The van der Waals surface area contributed by atoms with Crippen molar-refractivity contribution in [1.29, 1.82) is 0 Å². The molecule has 0 aromatic heterocycles. The van der Waals surface area contributed by atoms with Crippen molar-refractivity contribution < 1.29 is 14.1 Å². The summed E-state index contributed by atoms with van der Waals surface area (Å²) in [5.74, 6) is -1.20. The van der Waals surface area contributed by atoms with Crippen LogP contribution >= 0.6 is 0 Å². The van der Waals surface area contributed by atoms with Crippen molar-refractivity contribution in [3.63, 3.8) is 0 Å². The average Bonchev–Trinajstić information content (AvgIpc) is 2.47. The number of non-ortho nitro benzene ring substituents is 1. The van der Waals surface area contributed by atoms with Crippen LogP contribution in [0.25, 0.3) is 0 Å². The van der Waals surface area contributed by atoms with Gasteiger partial charge in [0.05, 0.1) is 10.5 Å². The molecule has 0 atom stereocenters. The third-order valence-electron chi connectivity index (χ3n) is 3.87. The lowest BCUT2D eigenvalue weighted by molar-refractivity contribution is -0.384. The first kappa shape index (κ1) is 15.4. The van der Waals surface area contributed by atoms with E-state index in [1.165, 1.54) is 0 Å². The molecule has 0 spiro atoms. The Hall–Kier alpha value is -2.02. The van der Waals surface area contributed by atoms with Crippen LogP contribution in [0.2, 0.25) is 0 Å². The van der Waals surface area contributed by atoms with Gasteiger partial charge in [-0.15, -0.1) is 0 Å². The second kappa shape index (κ2) is 6.17. The van der Waals surface area contributed by atoms with E-state index in [0.717, 1.165) is 31.0 Å². The monoisotopic (exact) mass is 295 g/mol. The number of nitro groups is 1. The van der Waals surface area contributed by atoms with E-state index in [-0.39, 0.29) is 11.3 Å². The maximum absolute atomic E-state index is 13.8. The number of piperidine rings is 1. The Balaban J connectivity index is 2.14. The van der Waals surface area contributed by atoms with Gasteiger partial charge in [-0.1, -0.05) is 0 Å². The molecule has 1 amide bonds. The molecule has 0 radical (unpaired) electrons. The van der Waals surface area contributed by atoms with E-state index >= 15 is 0 Å². The highest BCUT2D eigenvalue weighted by Crippen LogP contribution is 2.21. The molecule has 1 aromatic carbocycles. The fourth-order valence-electron chi connectivity index (χ4n) is 2.55. The molecule has 21 heavy (non-hydrogen) atoms. The van der Waals surface area contributed by atoms with Crippen LogP contribution in [-0.4, -0.2) is 53.9 Å². The van der Waals surface area contributed by atoms with Crippen LogP contribution in [0.3, 0.4) is 0 Å². The number of nitrogens with zero attached hydrogens (tertiary/aromatic N) is 3. The maximum atomic E-state index is 13.8. The molecule has 0 N–H and O–H groups in total. The number of carbonyl (C=O) groups is 1. The highest BCUT2D eigenvalue weighted by atomic mass is 19.1. The van der Waals surface area contributed by atoms with Crippen LogP contribution in [-0.2, 0) is 0 Å². The lowest BCUT2D eigenvalue weighted by Crippen LogP contribution is -2.44. The SMILES string of the molecule is CN(C)C1CCN(C(=O)c2cc([N+](=O)[O-])ccc2F)CC1. The van der Waals surface area contributed by atoms with Gasteiger partial charge in [-0.2, -0.15) is 0 Å². The van der Waals surface area contributed by atoms with Gasteiger partial charge in [-0.3, -0.25) is 14.9 Å². The van der Waals surface area contributed by atoms with Crippen molar-refractivity contribution in [2.45, 2.75) is 18.9 Å². The predicted molar refractivity (Wildman–Crippen MR) is 75.7 cm³/mol. The van der Waals surface area contributed by atoms with Gasteiger partial charge in [0.1, 0.15) is 5.82 Å². The number of hydrogen-bond acceptors (Lipinski definition) is 4. The van der Waals surface area contributed by atoms with Crippen LogP contribution in [0.1, 0.15) is 23.2 Å². The zero-order valence-electron chi connectivity index (χ0n) is 12.1. The molecule has 1 aliphatic heterocycles. The molecule has 1 heterocycles. The molecule has 114 valence electrons. The van der Waals surface area contributed by atoms with Crippen molar-refractivity contribution >= 4 is 11.6 Å². The highest BCUT2D eigenvalue weighted by molar-refractivity contribution is 5.95. The molecule has 0 unspecified atom stereocenters. The number of rotatable bonds is 3. The summed E-state index contributed by atoms with van der Waals surface area (Å²) < 4.78 is 13.8. The smallest absolute Gasteiger partial charge is 0.270 e. The van der Waals surface area contributed by atoms with Gasteiger partial charge in [0, 0.05) is 31.3 Å². The van der Waals surface area contributed by atoms with Gasteiger partial charge in [0.25, 0.3) is 11.6 Å². The minimum Gasteiger partial charge on any atom is -0.338 e. The highest BCUT2D eigenvalue weighted by Gasteiger charge is 2.27. The zero-order chi connectivity index (χ0) is 15.6.